The minimum Gasteiger partial charge on any atom is -0.324 e. The van der Waals surface area contributed by atoms with E-state index in [4.69, 9.17) is 11.6 Å². The smallest absolute Gasteiger partial charge is 0.264 e. The van der Waals surface area contributed by atoms with E-state index >= 15 is 0 Å². The molecule has 2 heterocycles. The molecule has 0 aliphatic carbocycles. The quantitative estimate of drug-likeness (QED) is 0.572. The molecule has 1 unspecified atom stereocenters. The van der Waals surface area contributed by atoms with Gasteiger partial charge in [0.15, 0.2) is 0 Å². The summed E-state index contributed by atoms with van der Waals surface area (Å²) in [6.07, 6.45) is 3.38. The maximum absolute atomic E-state index is 12.8. The second-order valence-corrected chi connectivity index (χ2v) is 8.61. The molecule has 2 N–H and O–H groups in total. The molecular weight excluding hydrogens is 428 g/mol. The lowest BCUT2D eigenvalue weighted by atomic mass is 10.2. The highest BCUT2D eigenvalue weighted by Crippen LogP contribution is 2.25. The molecule has 1 aromatic carbocycles. The van der Waals surface area contributed by atoms with Gasteiger partial charge in [-0.1, -0.05) is 18.5 Å². The molecular formula is C19H21ClN6O3S. The molecule has 2 aromatic heterocycles. The largest absolute Gasteiger partial charge is 0.324 e. The second-order valence-electron chi connectivity index (χ2n) is 6.54. The summed E-state index contributed by atoms with van der Waals surface area (Å²) >= 11 is 6.20. The number of halogens is 1. The summed E-state index contributed by atoms with van der Waals surface area (Å²) in [5, 5.41) is 7.68. The van der Waals surface area contributed by atoms with Crippen molar-refractivity contribution >= 4 is 39.2 Å². The zero-order chi connectivity index (χ0) is 21.9. The Morgan fingerprint density at radius 2 is 1.80 bits per heavy atom. The van der Waals surface area contributed by atoms with E-state index in [9.17, 15) is 13.2 Å². The highest BCUT2D eigenvalue weighted by molar-refractivity contribution is 7.92. The van der Waals surface area contributed by atoms with E-state index < -0.39 is 16.1 Å². The van der Waals surface area contributed by atoms with Gasteiger partial charge in [0.1, 0.15) is 6.04 Å². The van der Waals surface area contributed by atoms with Gasteiger partial charge in [0.05, 0.1) is 21.3 Å². The summed E-state index contributed by atoms with van der Waals surface area (Å²) in [6, 6.07) is 6.85. The van der Waals surface area contributed by atoms with Crippen LogP contribution in [0, 0.1) is 13.8 Å². The minimum absolute atomic E-state index is 0.0188. The number of hydrogen-bond donors (Lipinski definition) is 2. The van der Waals surface area contributed by atoms with Crippen LogP contribution in [0.1, 0.15) is 30.8 Å². The van der Waals surface area contributed by atoms with Crippen molar-refractivity contribution in [2.24, 2.45) is 0 Å². The van der Waals surface area contributed by atoms with Crippen molar-refractivity contribution in [2.45, 2.75) is 38.1 Å². The lowest BCUT2D eigenvalue weighted by molar-refractivity contribution is -0.119. The fourth-order valence-corrected chi connectivity index (χ4v) is 3.97. The van der Waals surface area contributed by atoms with Crippen LogP contribution in [0.2, 0.25) is 5.02 Å². The number of hydrogen-bond acceptors (Lipinski definition) is 6. The Balaban J connectivity index is 1.74. The molecule has 1 atom stereocenters. The molecule has 0 bridgehead atoms. The second kappa shape index (κ2) is 8.80. The Hall–Kier alpha value is -2.98. The number of nitrogens with one attached hydrogen (secondary N) is 2. The van der Waals surface area contributed by atoms with Crippen LogP contribution in [-0.2, 0) is 14.8 Å². The summed E-state index contributed by atoms with van der Waals surface area (Å²) in [5.41, 5.74) is 1.83. The fourth-order valence-electron chi connectivity index (χ4n) is 2.89. The molecule has 0 aliphatic heterocycles. The van der Waals surface area contributed by atoms with Gasteiger partial charge in [-0.2, -0.15) is 5.10 Å². The van der Waals surface area contributed by atoms with Gasteiger partial charge in [-0.15, -0.1) is 0 Å². The van der Waals surface area contributed by atoms with Crippen molar-refractivity contribution in [3.8, 4) is 0 Å². The van der Waals surface area contributed by atoms with E-state index in [1.54, 1.807) is 24.6 Å². The van der Waals surface area contributed by atoms with E-state index in [1.165, 1.54) is 36.7 Å². The van der Waals surface area contributed by atoms with E-state index in [-0.39, 0.29) is 16.8 Å². The Morgan fingerprint density at radius 1 is 1.17 bits per heavy atom. The molecule has 9 nitrogen and oxygen atoms in total. The number of nitrogens with zero attached hydrogens (tertiary/aromatic N) is 4. The van der Waals surface area contributed by atoms with Gasteiger partial charge >= 0.3 is 0 Å². The first-order valence-electron chi connectivity index (χ1n) is 9.15. The number of carbonyl (C=O) groups excluding carboxylic acids is 1. The number of aromatic nitrogens is 4. The number of sulfonamides is 1. The monoisotopic (exact) mass is 448 g/mol. The number of carbonyl (C=O) groups is 1. The third-order valence-corrected chi connectivity index (χ3v) is 6.34. The van der Waals surface area contributed by atoms with Crippen LogP contribution in [-0.4, -0.2) is 34.1 Å². The standard InChI is InChI=1S/C19H21ClN6O3S/c1-4-16(26-13(3)17(20)12(2)24-26)18(27)23-14-6-8-15(9-7-14)30(28,29)25-19-21-10-5-11-22-19/h5-11,16H,4H2,1-3H3,(H,23,27)(H,21,22,25). The third kappa shape index (κ3) is 4.60. The molecule has 30 heavy (non-hydrogen) atoms. The predicted molar refractivity (Wildman–Crippen MR) is 114 cm³/mol. The summed E-state index contributed by atoms with van der Waals surface area (Å²) < 4.78 is 28.8. The van der Waals surface area contributed by atoms with Gasteiger partial charge in [0.25, 0.3) is 10.0 Å². The summed E-state index contributed by atoms with van der Waals surface area (Å²) in [6.45, 7) is 5.47. The SMILES string of the molecule is CCC(C(=O)Nc1ccc(S(=O)(=O)Nc2ncccn2)cc1)n1nc(C)c(Cl)c1C. The maximum Gasteiger partial charge on any atom is 0.264 e. The average molecular weight is 449 g/mol. The zero-order valence-corrected chi connectivity index (χ0v) is 18.2. The molecule has 11 heteroatoms. The van der Waals surface area contributed by atoms with Crippen LogP contribution in [0.4, 0.5) is 11.6 Å². The van der Waals surface area contributed by atoms with Crippen LogP contribution >= 0.6 is 11.6 Å². The summed E-state index contributed by atoms with van der Waals surface area (Å²) in [7, 11) is -3.85. The Labute approximate surface area is 179 Å². The number of amides is 1. The maximum atomic E-state index is 12.8. The average Bonchev–Trinajstić information content (AvgIpc) is 2.97. The number of rotatable bonds is 7. The zero-order valence-electron chi connectivity index (χ0n) is 16.6. The molecule has 3 rings (SSSR count). The van der Waals surface area contributed by atoms with Gasteiger partial charge < -0.3 is 5.32 Å². The molecule has 1 amide bonds. The normalized spacial score (nSPS) is 12.4. The van der Waals surface area contributed by atoms with Crippen molar-refractivity contribution in [3.05, 3.63) is 59.1 Å². The van der Waals surface area contributed by atoms with Gasteiger partial charge in [-0.3, -0.25) is 9.48 Å². The Kier molecular flexibility index (Phi) is 6.37. The van der Waals surface area contributed by atoms with E-state index in [0.29, 0.717) is 28.5 Å². The van der Waals surface area contributed by atoms with Crippen molar-refractivity contribution < 1.29 is 13.2 Å². The first-order chi connectivity index (χ1) is 14.2. The lowest BCUT2D eigenvalue weighted by Crippen LogP contribution is -2.27. The van der Waals surface area contributed by atoms with Gasteiger partial charge in [0, 0.05) is 18.1 Å². The van der Waals surface area contributed by atoms with Crippen molar-refractivity contribution in [3.63, 3.8) is 0 Å². The number of aryl methyl sites for hydroxylation is 1. The summed E-state index contributed by atoms with van der Waals surface area (Å²) in [5.74, 6) is -0.296. The minimum atomic E-state index is -3.85. The number of anilines is 2. The van der Waals surface area contributed by atoms with Gasteiger partial charge in [-0.25, -0.2) is 23.1 Å². The third-order valence-electron chi connectivity index (χ3n) is 4.44. The lowest BCUT2D eigenvalue weighted by Gasteiger charge is -2.17. The van der Waals surface area contributed by atoms with Gasteiger partial charge in [0.2, 0.25) is 11.9 Å². The molecule has 0 fully saturated rings. The van der Waals surface area contributed by atoms with Crippen LogP contribution in [0.15, 0.2) is 47.6 Å². The summed E-state index contributed by atoms with van der Waals surface area (Å²) in [4.78, 5) is 20.5. The first-order valence-corrected chi connectivity index (χ1v) is 11.0. The highest BCUT2D eigenvalue weighted by atomic mass is 35.5. The molecule has 158 valence electrons. The Bertz CT molecular complexity index is 1150. The molecule has 0 aliphatic rings. The molecule has 0 saturated carbocycles. The van der Waals surface area contributed by atoms with E-state index in [0.717, 1.165) is 0 Å². The fraction of sp³-hybridized carbons (Fsp3) is 0.263. The van der Waals surface area contributed by atoms with E-state index in [2.05, 4.69) is 25.1 Å². The predicted octanol–water partition coefficient (Wildman–Crippen LogP) is 3.33. The molecule has 0 spiro atoms. The molecule has 0 saturated heterocycles. The molecule has 0 radical (unpaired) electrons. The van der Waals surface area contributed by atoms with Crippen molar-refractivity contribution in [2.75, 3.05) is 10.0 Å². The van der Waals surface area contributed by atoms with Crippen LogP contribution in [0.25, 0.3) is 0 Å². The van der Waals surface area contributed by atoms with Crippen LogP contribution in [0.3, 0.4) is 0 Å². The first kappa shape index (κ1) is 21.7. The van der Waals surface area contributed by atoms with Crippen LogP contribution in [0.5, 0.6) is 0 Å². The van der Waals surface area contributed by atoms with Crippen molar-refractivity contribution in [1.82, 2.24) is 19.7 Å². The number of benzene rings is 1. The van der Waals surface area contributed by atoms with E-state index in [1.807, 2.05) is 6.92 Å². The molecule has 3 aromatic rings. The van der Waals surface area contributed by atoms with Crippen molar-refractivity contribution in [1.29, 1.82) is 0 Å². The topological polar surface area (TPSA) is 119 Å². The van der Waals surface area contributed by atoms with Gasteiger partial charge in [-0.05, 0) is 50.6 Å². The Morgan fingerprint density at radius 3 is 2.33 bits per heavy atom. The highest BCUT2D eigenvalue weighted by Gasteiger charge is 2.23. The van der Waals surface area contributed by atoms with Crippen LogP contribution < -0.4 is 10.0 Å².